The minimum Gasteiger partial charge on any atom is -0.368 e. The van der Waals surface area contributed by atoms with Crippen molar-refractivity contribution in [3.8, 4) is 11.1 Å². The Hall–Kier alpha value is -2.92. The minimum absolute atomic E-state index is 0.0991. The second-order valence-electron chi connectivity index (χ2n) is 7.62. The van der Waals surface area contributed by atoms with Crippen molar-refractivity contribution in [2.75, 3.05) is 12.3 Å². The van der Waals surface area contributed by atoms with Gasteiger partial charge in [-0.3, -0.25) is 4.79 Å². The number of anilines is 1. The van der Waals surface area contributed by atoms with Gasteiger partial charge in [0.15, 0.2) is 0 Å². The molecular weight excluding hydrogens is 396 g/mol. The normalized spacial score (nSPS) is 16.4. The molecule has 1 fully saturated rings. The Morgan fingerprint density at radius 2 is 1.87 bits per heavy atom. The van der Waals surface area contributed by atoms with E-state index in [1.54, 1.807) is 6.20 Å². The number of nitrogen functional groups attached to an aromatic ring is 1. The number of nitrogens with two attached hydrogens (primary N) is 1. The summed E-state index contributed by atoms with van der Waals surface area (Å²) in [5.74, 6) is 0.382. The SMILES string of the molecule is Nc1ncc(-c2ccc(Cl)cc2)c(C2CCCCN2C(=O)CCc2ccccc2)n1. The van der Waals surface area contributed by atoms with Crippen molar-refractivity contribution in [3.05, 3.63) is 77.1 Å². The molecule has 2 N–H and O–H groups in total. The van der Waals surface area contributed by atoms with Gasteiger partial charge in [-0.05, 0) is 48.9 Å². The van der Waals surface area contributed by atoms with Gasteiger partial charge in [-0.2, -0.15) is 0 Å². The molecule has 1 atom stereocenters. The van der Waals surface area contributed by atoms with Crippen LogP contribution in [0.1, 0.15) is 43.0 Å². The molecular formula is C24H25ClN4O. The number of piperidine rings is 1. The lowest BCUT2D eigenvalue weighted by Gasteiger charge is -2.36. The van der Waals surface area contributed by atoms with Crippen LogP contribution in [0.3, 0.4) is 0 Å². The number of nitrogens with zero attached hydrogens (tertiary/aromatic N) is 3. The van der Waals surface area contributed by atoms with Gasteiger partial charge in [0.25, 0.3) is 0 Å². The molecule has 0 bridgehead atoms. The molecule has 30 heavy (non-hydrogen) atoms. The molecule has 0 radical (unpaired) electrons. The molecule has 0 spiro atoms. The van der Waals surface area contributed by atoms with Gasteiger partial charge in [0, 0.05) is 29.7 Å². The Balaban J connectivity index is 1.61. The maximum absolute atomic E-state index is 13.2. The first-order valence-corrected chi connectivity index (χ1v) is 10.7. The van der Waals surface area contributed by atoms with Crippen LogP contribution < -0.4 is 5.73 Å². The summed E-state index contributed by atoms with van der Waals surface area (Å²) in [7, 11) is 0. The number of benzene rings is 2. The van der Waals surface area contributed by atoms with Crippen LogP contribution in [-0.2, 0) is 11.2 Å². The number of aromatic nitrogens is 2. The minimum atomic E-state index is -0.0991. The van der Waals surface area contributed by atoms with E-state index >= 15 is 0 Å². The number of hydrogen-bond acceptors (Lipinski definition) is 4. The molecule has 4 rings (SSSR count). The lowest BCUT2D eigenvalue weighted by molar-refractivity contribution is -0.135. The smallest absolute Gasteiger partial charge is 0.223 e. The van der Waals surface area contributed by atoms with E-state index in [1.165, 1.54) is 5.56 Å². The number of hydrogen-bond donors (Lipinski definition) is 1. The lowest BCUT2D eigenvalue weighted by atomic mass is 9.93. The average molecular weight is 421 g/mol. The van der Waals surface area contributed by atoms with E-state index in [1.807, 2.05) is 47.4 Å². The zero-order chi connectivity index (χ0) is 20.9. The van der Waals surface area contributed by atoms with Crippen LogP contribution in [0.5, 0.6) is 0 Å². The molecule has 1 aliphatic rings. The molecule has 0 saturated carbocycles. The maximum Gasteiger partial charge on any atom is 0.223 e. The summed E-state index contributed by atoms with van der Waals surface area (Å²) in [6.45, 7) is 0.738. The van der Waals surface area contributed by atoms with E-state index in [0.29, 0.717) is 11.4 Å². The van der Waals surface area contributed by atoms with E-state index in [2.05, 4.69) is 22.1 Å². The van der Waals surface area contributed by atoms with Crippen LogP contribution in [0.4, 0.5) is 5.95 Å². The molecule has 3 aromatic rings. The van der Waals surface area contributed by atoms with Crippen molar-refractivity contribution in [2.24, 2.45) is 0 Å². The van der Waals surface area contributed by atoms with Crippen LogP contribution >= 0.6 is 11.6 Å². The predicted octanol–water partition coefficient (Wildman–Crippen LogP) is 5.07. The van der Waals surface area contributed by atoms with Gasteiger partial charge in [-0.15, -0.1) is 0 Å². The van der Waals surface area contributed by atoms with Gasteiger partial charge in [0.2, 0.25) is 11.9 Å². The first-order chi connectivity index (χ1) is 14.6. The van der Waals surface area contributed by atoms with Crippen molar-refractivity contribution in [1.29, 1.82) is 0 Å². The molecule has 1 saturated heterocycles. The summed E-state index contributed by atoms with van der Waals surface area (Å²) in [4.78, 5) is 23.9. The molecule has 154 valence electrons. The third-order valence-corrected chi connectivity index (χ3v) is 5.85. The van der Waals surface area contributed by atoms with Crippen molar-refractivity contribution in [1.82, 2.24) is 14.9 Å². The summed E-state index contributed by atoms with van der Waals surface area (Å²) in [6, 6.07) is 17.6. The second-order valence-corrected chi connectivity index (χ2v) is 8.05. The summed E-state index contributed by atoms with van der Waals surface area (Å²) < 4.78 is 0. The van der Waals surface area contributed by atoms with E-state index in [4.69, 9.17) is 17.3 Å². The van der Waals surface area contributed by atoms with E-state index in [-0.39, 0.29) is 17.9 Å². The molecule has 1 amide bonds. The van der Waals surface area contributed by atoms with Gasteiger partial charge in [-0.25, -0.2) is 9.97 Å². The topological polar surface area (TPSA) is 72.1 Å². The Morgan fingerprint density at radius 3 is 2.63 bits per heavy atom. The predicted molar refractivity (Wildman–Crippen MR) is 120 cm³/mol. The standard InChI is InChI=1S/C24H25ClN4O/c25-19-12-10-18(11-13-19)20-16-27-24(26)28-23(20)21-8-4-5-15-29(21)22(30)14-9-17-6-2-1-3-7-17/h1-3,6-7,10-13,16,21H,4-5,8-9,14-15H2,(H2,26,27,28). The first kappa shape index (κ1) is 20.4. The molecule has 1 aromatic heterocycles. The van der Waals surface area contributed by atoms with Crippen LogP contribution in [0.2, 0.25) is 5.02 Å². The fourth-order valence-electron chi connectivity index (χ4n) is 4.07. The van der Waals surface area contributed by atoms with E-state index in [9.17, 15) is 4.79 Å². The number of amides is 1. The molecule has 2 aromatic carbocycles. The highest BCUT2D eigenvalue weighted by molar-refractivity contribution is 6.30. The van der Waals surface area contributed by atoms with Gasteiger partial charge in [0.1, 0.15) is 0 Å². The maximum atomic E-state index is 13.2. The molecule has 5 nitrogen and oxygen atoms in total. The molecule has 6 heteroatoms. The number of rotatable bonds is 5. The van der Waals surface area contributed by atoms with Gasteiger partial charge < -0.3 is 10.6 Å². The fraction of sp³-hybridized carbons (Fsp3) is 0.292. The Bertz CT molecular complexity index is 1010. The van der Waals surface area contributed by atoms with Crippen LogP contribution in [0.15, 0.2) is 60.8 Å². The van der Waals surface area contributed by atoms with Crippen molar-refractivity contribution < 1.29 is 4.79 Å². The average Bonchev–Trinajstić information content (AvgIpc) is 2.79. The highest BCUT2D eigenvalue weighted by Crippen LogP contribution is 2.36. The lowest BCUT2D eigenvalue weighted by Crippen LogP contribution is -2.39. The Kier molecular flexibility index (Phi) is 6.29. The number of aryl methyl sites for hydroxylation is 1. The molecule has 1 unspecified atom stereocenters. The monoisotopic (exact) mass is 420 g/mol. The van der Waals surface area contributed by atoms with Crippen molar-refractivity contribution in [2.45, 2.75) is 38.1 Å². The summed E-state index contributed by atoms with van der Waals surface area (Å²) in [5, 5.41) is 0.673. The van der Waals surface area contributed by atoms with Gasteiger partial charge in [0.05, 0.1) is 11.7 Å². The quantitative estimate of drug-likeness (QED) is 0.625. The molecule has 0 aliphatic carbocycles. The molecule has 2 heterocycles. The summed E-state index contributed by atoms with van der Waals surface area (Å²) in [6.07, 6.45) is 5.90. The zero-order valence-corrected chi connectivity index (χ0v) is 17.6. The largest absolute Gasteiger partial charge is 0.368 e. The Labute approximate surface area is 181 Å². The summed E-state index contributed by atoms with van der Waals surface area (Å²) >= 11 is 6.06. The highest BCUT2D eigenvalue weighted by Gasteiger charge is 2.31. The van der Waals surface area contributed by atoms with Crippen LogP contribution in [-0.4, -0.2) is 27.3 Å². The highest BCUT2D eigenvalue weighted by atomic mass is 35.5. The molecule has 1 aliphatic heterocycles. The number of halogens is 1. The van der Waals surface area contributed by atoms with Crippen molar-refractivity contribution >= 4 is 23.5 Å². The van der Waals surface area contributed by atoms with E-state index in [0.717, 1.165) is 49.0 Å². The van der Waals surface area contributed by atoms with Crippen LogP contribution in [0, 0.1) is 0 Å². The Morgan fingerprint density at radius 1 is 1.10 bits per heavy atom. The van der Waals surface area contributed by atoms with Crippen molar-refractivity contribution in [3.63, 3.8) is 0 Å². The summed E-state index contributed by atoms with van der Waals surface area (Å²) in [5.41, 5.74) is 9.80. The van der Waals surface area contributed by atoms with Crippen LogP contribution in [0.25, 0.3) is 11.1 Å². The second kappa shape index (κ2) is 9.26. The van der Waals surface area contributed by atoms with Gasteiger partial charge in [-0.1, -0.05) is 54.1 Å². The first-order valence-electron chi connectivity index (χ1n) is 10.3. The van der Waals surface area contributed by atoms with Gasteiger partial charge >= 0.3 is 0 Å². The third-order valence-electron chi connectivity index (χ3n) is 5.60. The number of likely N-dealkylation sites (tertiary alicyclic amines) is 1. The number of carbonyl (C=O) groups excluding carboxylic acids is 1. The van der Waals surface area contributed by atoms with E-state index < -0.39 is 0 Å². The zero-order valence-electron chi connectivity index (χ0n) is 16.8. The number of carbonyl (C=O) groups is 1. The fourth-order valence-corrected chi connectivity index (χ4v) is 4.20. The third kappa shape index (κ3) is 4.62.